The lowest BCUT2D eigenvalue weighted by atomic mass is 10.1. The van der Waals surface area contributed by atoms with Crippen molar-refractivity contribution in [2.24, 2.45) is 5.92 Å². The number of alkyl halides is 4. The molecule has 0 fully saturated rings. The van der Waals surface area contributed by atoms with Gasteiger partial charge in [0.25, 0.3) is 0 Å². The topological polar surface area (TPSA) is 37.8 Å². The second-order valence-electron chi connectivity index (χ2n) is 3.90. The second-order valence-corrected chi connectivity index (χ2v) is 4.46. The van der Waals surface area contributed by atoms with E-state index in [0.717, 1.165) is 12.3 Å². The normalized spacial score (nSPS) is 13.8. The molecule has 7 heteroatoms. The summed E-state index contributed by atoms with van der Waals surface area (Å²) >= 11 is 5.96. The largest absolute Gasteiger partial charge is 0.433 e. The predicted molar refractivity (Wildman–Crippen MR) is 60.0 cm³/mol. The van der Waals surface area contributed by atoms with Crippen molar-refractivity contribution in [3.8, 4) is 0 Å². The molecule has 0 bridgehead atoms. The van der Waals surface area contributed by atoms with Gasteiger partial charge < -0.3 is 5.32 Å². The van der Waals surface area contributed by atoms with Crippen molar-refractivity contribution in [2.75, 3.05) is 11.9 Å². The molecule has 17 heavy (non-hydrogen) atoms. The lowest BCUT2D eigenvalue weighted by molar-refractivity contribution is -0.141. The number of aromatic nitrogens is 2. The SMILES string of the molecule is CC(C)C(Cl)CNc1nccc(C(F)(F)F)n1. The monoisotopic (exact) mass is 267 g/mol. The fourth-order valence-corrected chi connectivity index (χ4v) is 1.10. The van der Waals surface area contributed by atoms with Crippen LogP contribution in [0.5, 0.6) is 0 Å². The van der Waals surface area contributed by atoms with Crippen LogP contribution in [0.15, 0.2) is 12.3 Å². The summed E-state index contributed by atoms with van der Waals surface area (Å²) in [6, 6.07) is 0.825. The Morgan fingerprint density at radius 3 is 2.59 bits per heavy atom. The zero-order valence-electron chi connectivity index (χ0n) is 9.42. The Hall–Kier alpha value is -1.04. The molecule has 0 saturated heterocycles. The highest BCUT2D eigenvalue weighted by molar-refractivity contribution is 6.21. The van der Waals surface area contributed by atoms with Gasteiger partial charge in [0.05, 0.1) is 5.38 Å². The molecule has 1 N–H and O–H groups in total. The maximum absolute atomic E-state index is 12.4. The highest BCUT2D eigenvalue weighted by atomic mass is 35.5. The summed E-state index contributed by atoms with van der Waals surface area (Å²) in [6.07, 6.45) is -3.39. The molecule has 0 aliphatic carbocycles. The number of hydrogen-bond donors (Lipinski definition) is 1. The van der Waals surface area contributed by atoms with Gasteiger partial charge in [-0.25, -0.2) is 9.97 Å². The van der Waals surface area contributed by atoms with Crippen LogP contribution in [0, 0.1) is 5.92 Å². The van der Waals surface area contributed by atoms with Gasteiger partial charge in [-0.15, -0.1) is 11.6 Å². The van der Waals surface area contributed by atoms with E-state index in [-0.39, 0.29) is 17.2 Å². The van der Waals surface area contributed by atoms with E-state index in [1.807, 2.05) is 13.8 Å². The summed E-state index contributed by atoms with van der Waals surface area (Å²) in [5.41, 5.74) is -0.967. The maximum atomic E-state index is 12.4. The Kier molecular flexibility index (Phi) is 4.56. The number of rotatable bonds is 4. The van der Waals surface area contributed by atoms with Gasteiger partial charge in [-0.05, 0) is 12.0 Å². The molecule has 0 spiro atoms. The first-order valence-electron chi connectivity index (χ1n) is 5.09. The van der Waals surface area contributed by atoms with Gasteiger partial charge in [-0.3, -0.25) is 0 Å². The average molecular weight is 268 g/mol. The van der Waals surface area contributed by atoms with Crippen LogP contribution in [-0.4, -0.2) is 21.9 Å². The highest BCUT2D eigenvalue weighted by Crippen LogP contribution is 2.27. The Bertz CT molecular complexity index is 368. The van der Waals surface area contributed by atoms with Gasteiger partial charge in [0, 0.05) is 12.7 Å². The van der Waals surface area contributed by atoms with E-state index >= 15 is 0 Å². The second kappa shape index (κ2) is 5.53. The molecular formula is C10H13ClF3N3. The molecule has 1 heterocycles. The first-order valence-corrected chi connectivity index (χ1v) is 5.52. The Morgan fingerprint density at radius 1 is 1.41 bits per heavy atom. The summed E-state index contributed by atoms with van der Waals surface area (Å²) in [6.45, 7) is 4.17. The molecule has 0 aromatic carbocycles. The van der Waals surface area contributed by atoms with E-state index in [0.29, 0.717) is 6.54 Å². The Labute approximate surface area is 102 Å². The molecule has 0 radical (unpaired) electrons. The summed E-state index contributed by atoms with van der Waals surface area (Å²) in [4.78, 5) is 7.07. The third kappa shape index (κ3) is 4.38. The van der Waals surface area contributed by atoms with Crippen LogP contribution in [0.3, 0.4) is 0 Å². The lowest BCUT2D eigenvalue weighted by Gasteiger charge is -2.14. The van der Waals surface area contributed by atoms with E-state index < -0.39 is 11.9 Å². The minimum absolute atomic E-state index is 0.0638. The number of halogens is 4. The van der Waals surface area contributed by atoms with Crippen LogP contribution in [0.1, 0.15) is 19.5 Å². The first kappa shape index (κ1) is 14.0. The molecule has 1 atom stereocenters. The van der Waals surface area contributed by atoms with Gasteiger partial charge >= 0.3 is 6.18 Å². The van der Waals surface area contributed by atoms with Gasteiger partial charge in [0.1, 0.15) is 5.69 Å². The van der Waals surface area contributed by atoms with E-state index in [4.69, 9.17) is 11.6 Å². The maximum Gasteiger partial charge on any atom is 0.433 e. The van der Waals surface area contributed by atoms with Gasteiger partial charge in [-0.1, -0.05) is 13.8 Å². The van der Waals surface area contributed by atoms with Gasteiger partial charge in [0.15, 0.2) is 0 Å². The highest BCUT2D eigenvalue weighted by Gasteiger charge is 2.32. The van der Waals surface area contributed by atoms with Gasteiger partial charge in [-0.2, -0.15) is 13.2 Å². The molecular weight excluding hydrogens is 255 g/mol. The van der Waals surface area contributed by atoms with Gasteiger partial charge in [0.2, 0.25) is 5.95 Å². The molecule has 1 unspecified atom stereocenters. The molecule has 0 amide bonds. The van der Waals surface area contributed by atoms with Crippen LogP contribution in [0.4, 0.5) is 19.1 Å². The minimum Gasteiger partial charge on any atom is -0.353 e. The van der Waals surface area contributed by atoms with Crippen molar-refractivity contribution >= 4 is 17.5 Å². The smallest absolute Gasteiger partial charge is 0.353 e. The Morgan fingerprint density at radius 2 is 2.06 bits per heavy atom. The van der Waals surface area contributed by atoms with Crippen molar-refractivity contribution in [3.63, 3.8) is 0 Å². The van der Waals surface area contributed by atoms with Crippen LogP contribution in [0.25, 0.3) is 0 Å². The molecule has 0 aliphatic heterocycles. The van der Waals surface area contributed by atoms with Crippen molar-refractivity contribution in [1.29, 1.82) is 0 Å². The third-order valence-electron chi connectivity index (χ3n) is 2.12. The number of nitrogens with zero attached hydrogens (tertiary/aromatic N) is 2. The van der Waals surface area contributed by atoms with Crippen LogP contribution in [-0.2, 0) is 6.18 Å². The quantitative estimate of drug-likeness (QED) is 0.852. The standard InChI is InChI=1S/C10H13ClF3N3/c1-6(2)7(11)5-16-9-15-4-3-8(17-9)10(12,13)14/h3-4,6-7H,5H2,1-2H3,(H,15,16,17). The summed E-state index contributed by atoms with van der Waals surface area (Å²) in [7, 11) is 0. The molecule has 0 saturated carbocycles. The van der Waals surface area contributed by atoms with E-state index in [9.17, 15) is 13.2 Å². The molecule has 1 rings (SSSR count). The van der Waals surface area contributed by atoms with Crippen molar-refractivity contribution in [1.82, 2.24) is 9.97 Å². The zero-order chi connectivity index (χ0) is 13.1. The molecule has 0 aliphatic rings. The van der Waals surface area contributed by atoms with Crippen LogP contribution >= 0.6 is 11.6 Å². The fourth-order valence-electron chi connectivity index (χ4n) is 1.03. The number of nitrogens with one attached hydrogen (secondary N) is 1. The first-order chi connectivity index (χ1) is 7.80. The number of hydrogen-bond acceptors (Lipinski definition) is 3. The van der Waals surface area contributed by atoms with Crippen molar-refractivity contribution in [3.05, 3.63) is 18.0 Å². The Balaban J connectivity index is 2.67. The van der Waals surface area contributed by atoms with Crippen LogP contribution < -0.4 is 5.32 Å². The summed E-state index contributed by atoms with van der Waals surface area (Å²) in [5.74, 6) is 0.154. The van der Waals surface area contributed by atoms with E-state index in [1.165, 1.54) is 0 Å². The van der Waals surface area contributed by atoms with E-state index in [1.54, 1.807) is 0 Å². The fraction of sp³-hybridized carbons (Fsp3) is 0.600. The molecule has 1 aromatic heterocycles. The van der Waals surface area contributed by atoms with Crippen molar-refractivity contribution in [2.45, 2.75) is 25.4 Å². The summed E-state index contributed by atoms with van der Waals surface area (Å²) in [5, 5.41) is 2.50. The predicted octanol–water partition coefficient (Wildman–Crippen LogP) is 3.17. The third-order valence-corrected chi connectivity index (χ3v) is 2.78. The average Bonchev–Trinajstić information content (AvgIpc) is 2.25. The minimum atomic E-state index is -4.46. The molecule has 3 nitrogen and oxygen atoms in total. The molecule has 1 aromatic rings. The van der Waals surface area contributed by atoms with Crippen molar-refractivity contribution < 1.29 is 13.2 Å². The van der Waals surface area contributed by atoms with E-state index in [2.05, 4.69) is 15.3 Å². The van der Waals surface area contributed by atoms with Crippen LogP contribution in [0.2, 0.25) is 0 Å². The summed E-state index contributed by atoms with van der Waals surface area (Å²) < 4.78 is 37.1. The lowest BCUT2D eigenvalue weighted by Crippen LogP contribution is -2.21. The number of anilines is 1. The zero-order valence-corrected chi connectivity index (χ0v) is 10.2. The molecule has 96 valence electrons.